The van der Waals surface area contributed by atoms with Crippen molar-refractivity contribution in [3.63, 3.8) is 0 Å². The molecule has 3 aromatic carbocycles. The van der Waals surface area contributed by atoms with E-state index in [0.29, 0.717) is 23.7 Å². The molecule has 0 bridgehead atoms. The molecular formula is C29H20F6N6OS2. The molecule has 1 aliphatic heterocycles. The second kappa shape index (κ2) is 12.9. The van der Waals surface area contributed by atoms with Gasteiger partial charge in [0, 0.05) is 17.9 Å². The van der Waals surface area contributed by atoms with Gasteiger partial charge in [-0.05, 0) is 91.0 Å². The number of anilines is 3. The summed E-state index contributed by atoms with van der Waals surface area (Å²) in [6.07, 6.45) is -7.77. The Hall–Kier alpha value is -4.70. The molecule has 0 aliphatic carbocycles. The first kappa shape index (κ1) is 32.2. The molecule has 0 aromatic heterocycles. The molecule has 226 valence electrons. The average molecular weight is 647 g/mol. The van der Waals surface area contributed by atoms with Crippen LogP contribution < -0.4 is 20.4 Å². The summed E-state index contributed by atoms with van der Waals surface area (Å²) in [5.41, 5.74) is -2.52. The van der Waals surface area contributed by atoms with Crippen molar-refractivity contribution in [3.05, 3.63) is 100 Å². The first-order chi connectivity index (χ1) is 20.8. The van der Waals surface area contributed by atoms with Crippen LogP contribution in [0, 0.1) is 22.7 Å². The van der Waals surface area contributed by atoms with Crippen LogP contribution in [0.1, 0.15) is 34.2 Å². The Kier molecular flexibility index (Phi) is 9.44. The maximum Gasteiger partial charge on any atom is 0.417 e. The Labute approximate surface area is 258 Å². The number of alkyl halides is 6. The minimum Gasteiger partial charge on any atom is -0.392 e. The van der Waals surface area contributed by atoms with E-state index in [1.165, 1.54) is 29.2 Å². The number of halogens is 6. The van der Waals surface area contributed by atoms with Gasteiger partial charge in [0.05, 0.1) is 46.7 Å². The number of nitrogens with one attached hydrogen (secondary N) is 2. The van der Waals surface area contributed by atoms with Gasteiger partial charge in [-0.3, -0.25) is 4.90 Å². The van der Waals surface area contributed by atoms with Gasteiger partial charge in [0.15, 0.2) is 10.2 Å². The summed E-state index contributed by atoms with van der Waals surface area (Å²) in [5.74, 6) is 0.101. The molecule has 0 saturated carbocycles. The summed E-state index contributed by atoms with van der Waals surface area (Å²) in [4.78, 5) is 2.92. The van der Waals surface area contributed by atoms with Crippen LogP contribution in [0.5, 0.6) is 0 Å². The number of aliphatic hydroxyl groups is 1. The molecule has 7 nitrogen and oxygen atoms in total. The summed E-state index contributed by atoms with van der Waals surface area (Å²) in [7, 11) is 0. The van der Waals surface area contributed by atoms with Crippen LogP contribution >= 0.6 is 24.4 Å². The zero-order valence-electron chi connectivity index (χ0n) is 22.3. The molecule has 1 heterocycles. The summed E-state index contributed by atoms with van der Waals surface area (Å²) in [6, 6.07) is 15.7. The predicted octanol–water partition coefficient (Wildman–Crippen LogP) is 6.79. The van der Waals surface area contributed by atoms with Crippen LogP contribution in [0.3, 0.4) is 0 Å². The van der Waals surface area contributed by atoms with Gasteiger partial charge in [-0.25, -0.2) is 0 Å². The molecule has 0 fully saturated rings. The SMILES string of the molecule is N#Cc1ccc(NC(=S)NC2=CCCN(c3ccc(CO)cc3)C(=S)N2c2ccc(C#N)c(C(F)(F)F)c2)cc1C(F)(F)F. The monoisotopic (exact) mass is 646 g/mol. The maximum absolute atomic E-state index is 13.9. The molecule has 3 aromatic rings. The van der Waals surface area contributed by atoms with E-state index in [1.807, 2.05) is 0 Å². The highest BCUT2D eigenvalue weighted by atomic mass is 32.1. The van der Waals surface area contributed by atoms with Crippen LogP contribution in [0.4, 0.5) is 43.4 Å². The van der Waals surface area contributed by atoms with Crippen molar-refractivity contribution in [2.75, 3.05) is 21.7 Å². The van der Waals surface area contributed by atoms with Gasteiger partial charge in [0.1, 0.15) is 5.82 Å². The van der Waals surface area contributed by atoms with Gasteiger partial charge in [0.2, 0.25) is 0 Å². The predicted molar refractivity (Wildman–Crippen MR) is 159 cm³/mol. The molecule has 3 N–H and O–H groups in total. The first-order valence-corrected chi connectivity index (χ1v) is 13.4. The number of rotatable bonds is 5. The smallest absolute Gasteiger partial charge is 0.392 e. The number of thiocarbonyl (C=S) groups is 2. The van der Waals surface area contributed by atoms with Crippen LogP contribution in [0.2, 0.25) is 0 Å². The van der Waals surface area contributed by atoms with Crippen molar-refractivity contribution < 1.29 is 31.4 Å². The number of aliphatic hydroxyl groups excluding tert-OH is 1. The number of hydrogen-bond donors (Lipinski definition) is 3. The van der Waals surface area contributed by atoms with Gasteiger partial charge in [0.25, 0.3) is 0 Å². The third kappa shape index (κ3) is 7.08. The van der Waals surface area contributed by atoms with E-state index in [0.717, 1.165) is 18.2 Å². The fourth-order valence-corrected chi connectivity index (χ4v) is 4.98. The van der Waals surface area contributed by atoms with Crippen LogP contribution in [0.15, 0.2) is 72.6 Å². The van der Waals surface area contributed by atoms with Crippen molar-refractivity contribution in [2.45, 2.75) is 25.4 Å². The fourth-order valence-electron chi connectivity index (χ4n) is 4.35. The van der Waals surface area contributed by atoms with Crippen molar-refractivity contribution in [1.82, 2.24) is 5.32 Å². The number of nitriles is 2. The summed E-state index contributed by atoms with van der Waals surface area (Å²) < 4.78 is 82.1. The van der Waals surface area contributed by atoms with Crippen LogP contribution in [0.25, 0.3) is 0 Å². The molecular weight excluding hydrogens is 626 g/mol. The van der Waals surface area contributed by atoms with Crippen LogP contribution in [-0.4, -0.2) is 21.9 Å². The van der Waals surface area contributed by atoms with Crippen molar-refractivity contribution in [3.8, 4) is 12.1 Å². The third-order valence-corrected chi connectivity index (χ3v) is 7.02. The molecule has 0 atom stereocenters. The summed E-state index contributed by atoms with van der Waals surface area (Å²) >= 11 is 11.1. The van der Waals surface area contributed by atoms with Gasteiger partial charge in [-0.1, -0.05) is 12.1 Å². The Morgan fingerprint density at radius 3 is 1.98 bits per heavy atom. The highest BCUT2D eigenvalue weighted by molar-refractivity contribution is 7.81. The minimum absolute atomic E-state index is 0.0244. The molecule has 0 spiro atoms. The van der Waals surface area contributed by atoms with E-state index in [4.69, 9.17) is 29.7 Å². The lowest BCUT2D eigenvalue weighted by Crippen LogP contribution is -2.46. The fraction of sp³-hybridized carbons (Fsp3) is 0.172. The van der Waals surface area contributed by atoms with E-state index in [-0.39, 0.29) is 40.6 Å². The molecule has 0 unspecified atom stereocenters. The standard InChI is InChI=1S/C29H20F6N6OS2/c30-28(31,32)23-12-20(7-5-18(23)14-36)38-26(43)39-25-2-1-11-40(21-8-3-17(16-42)4-9-21)27(44)41(25)22-10-6-19(15-37)24(13-22)29(33,34)35/h2-10,12-13,42H,1,11,16H2,(H2,38,39,43). The highest BCUT2D eigenvalue weighted by Crippen LogP contribution is 2.37. The van der Waals surface area contributed by atoms with Crippen LogP contribution in [-0.2, 0) is 19.0 Å². The van der Waals surface area contributed by atoms with Gasteiger partial charge < -0.3 is 20.6 Å². The van der Waals surface area contributed by atoms with E-state index in [9.17, 15) is 36.7 Å². The Bertz CT molecular complexity index is 1710. The van der Waals surface area contributed by atoms with E-state index >= 15 is 0 Å². The van der Waals surface area contributed by atoms with E-state index in [2.05, 4.69) is 10.6 Å². The maximum atomic E-state index is 13.9. The minimum atomic E-state index is -4.87. The van der Waals surface area contributed by atoms with Crippen molar-refractivity contribution in [2.24, 2.45) is 0 Å². The lowest BCUT2D eigenvalue weighted by molar-refractivity contribution is -0.138. The number of benzene rings is 3. The third-order valence-electron chi connectivity index (χ3n) is 6.42. The second-order valence-electron chi connectivity index (χ2n) is 9.26. The Morgan fingerprint density at radius 1 is 0.841 bits per heavy atom. The largest absolute Gasteiger partial charge is 0.417 e. The van der Waals surface area contributed by atoms with E-state index in [1.54, 1.807) is 35.2 Å². The topological polar surface area (TPSA) is 98.3 Å². The molecule has 0 saturated heterocycles. The second-order valence-corrected chi connectivity index (χ2v) is 10.0. The zero-order valence-corrected chi connectivity index (χ0v) is 23.9. The van der Waals surface area contributed by atoms with Crippen molar-refractivity contribution in [1.29, 1.82) is 10.5 Å². The van der Waals surface area contributed by atoms with E-state index < -0.39 is 34.6 Å². The van der Waals surface area contributed by atoms with Gasteiger partial charge in [-0.2, -0.15) is 36.9 Å². The first-order valence-electron chi connectivity index (χ1n) is 12.6. The summed E-state index contributed by atoms with van der Waals surface area (Å²) in [5, 5.41) is 33.0. The Morgan fingerprint density at radius 2 is 1.41 bits per heavy atom. The quantitative estimate of drug-likeness (QED) is 0.205. The Balaban J connectivity index is 1.73. The van der Waals surface area contributed by atoms with Gasteiger partial charge in [-0.15, -0.1) is 0 Å². The highest BCUT2D eigenvalue weighted by Gasteiger charge is 2.36. The molecule has 0 amide bonds. The molecule has 4 rings (SSSR count). The molecule has 44 heavy (non-hydrogen) atoms. The number of hydrogen-bond acceptors (Lipinski definition) is 5. The summed E-state index contributed by atoms with van der Waals surface area (Å²) in [6.45, 7) is 0.0816. The lowest BCUT2D eigenvalue weighted by Gasteiger charge is -2.33. The molecule has 0 radical (unpaired) electrons. The molecule has 1 aliphatic rings. The number of nitrogens with zero attached hydrogens (tertiary/aromatic N) is 4. The van der Waals surface area contributed by atoms with Gasteiger partial charge >= 0.3 is 12.4 Å². The molecule has 15 heteroatoms. The lowest BCUT2D eigenvalue weighted by atomic mass is 10.1. The van der Waals surface area contributed by atoms with Crippen molar-refractivity contribution >= 4 is 51.7 Å². The zero-order chi connectivity index (χ0) is 32.2. The average Bonchev–Trinajstić information content (AvgIpc) is 3.13. The normalized spacial score (nSPS) is 13.8.